The Morgan fingerprint density at radius 2 is 2.00 bits per heavy atom. The molecule has 1 aliphatic heterocycles. The van der Waals surface area contributed by atoms with Crippen molar-refractivity contribution in [2.45, 2.75) is 11.3 Å². The average Bonchev–Trinajstić information content (AvgIpc) is 2.23. The number of hydrogen-bond donors (Lipinski definition) is 0. The summed E-state index contributed by atoms with van der Waals surface area (Å²) in [6.07, 6.45) is 0.0892. The number of carbonyl (C=O) groups excluding carboxylic acids is 1. The van der Waals surface area contributed by atoms with Gasteiger partial charge >= 0.3 is 6.09 Å². The molecule has 0 aliphatic carbocycles. The van der Waals surface area contributed by atoms with Crippen LogP contribution in [0.4, 0.5) is 13.6 Å². The fraction of sp³-hybridized carbons (Fsp3) is 0.364. The topological polar surface area (TPSA) is 63.7 Å². The fourth-order valence-electron chi connectivity index (χ4n) is 1.51. The third-order valence-corrected chi connectivity index (χ3v) is 4.11. The summed E-state index contributed by atoms with van der Waals surface area (Å²) in [5.41, 5.74) is 0. The van der Waals surface area contributed by atoms with E-state index in [0.717, 1.165) is 18.6 Å². The third-order valence-electron chi connectivity index (χ3n) is 2.68. The van der Waals surface area contributed by atoms with Gasteiger partial charge in [0, 0.05) is 19.2 Å². The number of benzene rings is 1. The zero-order chi connectivity index (χ0) is 14.0. The van der Waals surface area contributed by atoms with Crippen LogP contribution in [0.15, 0.2) is 23.1 Å². The second kappa shape index (κ2) is 5.12. The molecule has 19 heavy (non-hydrogen) atoms. The van der Waals surface area contributed by atoms with Crippen LogP contribution in [0, 0.1) is 11.6 Å². The van der Waals surface area contributed by atoms with Crippen molar-refractivity contribution in [1.29, 1.82) is 0 Å². The highest BCUT2D eigenvalue weighted by Gasteiger charge is 2.26. The van der Waals surface area contributed by atoms with E-state index in [4.69, 9.17) is 0 Å². The maximum Gasteiger partial charge on any atom is 0.410 e. The highest BCUT2D eigenvalue weighted by molar-refractivity contribution is 7.91. The number of rotatable bonds is 3. The molecule has 1 heterocycles. The van der Waals surface area contributed by atoms with E-state index in [1.165, 1.54) is 4.90 Å². The van der Waals surface area contributed by atoms with Crippen LogP contribution in [0.5, 0.6) is 0 Å². The number of carbonyl (C=O) groups is 1. The van der Waals surface area contributed by atoms with E-state index in [-0.39, 0.29) is 0 Å². The number of likely N-dealkylation sites (tertiary alicyclic amines) is 1. The number of ether oxygens (including phenoxy) is 1. The fourth-order valence-corrected chi connectivity index (χ4v) is 2.52. The Hall–Kier alpha value is -1.70. The molecule has 104 valence electrons. The molecule has 0 spiro atoms. The van der Waals surface area contributed by atoms with Crippen molar-refractivity contribution in [3.63, 3.8) is 0 Å². The molecule has 1 aromatic rings. The Balaban J connectivity index is 2.07. The van der Waals surface area contributed by atoms with Gasteiger partial charge in [-0.05, 0) is 18.6 Å². The van der Waals surface area contributed by atoms with Crippen LogP contribution in [0.25, 0.3) is 0 Å². The molecule has 0 N–H and O–H groups in total. The summed E-state index contributed by atoms with van der Waals surface area (Å²) < 4.78 is 54.1. The summed E-state index contributed by atoms with van der Waals surface area (Å²) in [6.45, 7) is 1.04. The highest BCUT2D eigenvalue weighted by Crippen LogP contribution is 2.18. The van der Waals surface area contributed by atoms with Crippen LogP contribution in [-0.2, 0) is 14.6 Å². The Morgan fingerprint density at radius 3 is 2.53 bits per heavy atom. The highest BCUT2D eigenvalue weighted by atomic mass is 32.2. The normalized spacial score (nSPS) is 14.9. The molecule has 1 saturated heterocycles. The van der Waals surface area contributed by atoms with E-state index in [9.17, 15) is 22.0 Å². The van der Waals surface area contributed by atoms with Gasteiger partial charge in [0.15, 0.2) is 5.94 Å². The molecule has 5 nitrogen and oxygen atoms in total. The molecule has 0 aromatic heterocycles. The first kappa shape index (κ1) is 13.7. The standard InChI is InChI=1S/C11H11F2NO4S/c12-8-2-3-10(9(13)6-8)19(16,17)7-18-11(15)14-4-1-5-14/h2-3,6H,1,4-5,7H2. The van der Waals surface area contributed by atoms with Crippen LogP contribution in [-0.4, -0.2) is 38.4 Å². The minimum atomic E-state index is -4.13. The Kier molecular flexibility index (Phi) is 3.70. The molecule has 1 aliphatic rings. The molecule has 0 bridgehead atoms. The molecular formula is C11H11F2NO4S. The van der Waals surface area contributed by atoms with E-state index >= 15 is 0 Å². The summed E-state index contributed by atoms with van der Waals surface area (Å²) >= 11 is 0. The van der Waals surface area contributed by atoms with Gasteiger partial charge in [0.2, 0.25) is 9.84 Å². The lowest BCUT2D eigenvalue weighted by molar-refractivity contribution is 0.0934. The van der Waals surface area contributed by atoms with E-state index < -0.39 is 38.4 Å². The summed E-state index contributed by atoms with van der Waals surface area (Å²) in [6, 6.07) is 2.09. The van der Waals surface area contributed by atoms with E-state index in [0.29, 0.717) is 19.2 Å². The average molecular weight is 291 g/mol. The minimum Gasteiger partial charge on any atom is -0.433 e. The van der Waals surface area contributed by atoms with Crippen molar-refractivity contribution < 1.29 is 26.7 Å². The predicted molar refractivity (Wildman–Crippen MR) is 61.1 cm³/mol. The van der Waals surface area contributed by atoms with Gasteiger partial charge in [-0.1, -0.05) is 0 Å². The zero-order valence-electron chi connectivity index (χ0n) is 9.80. The molecule has 0 radical (unpaired) electrons. The number of hydrogen-bond acceptors (Lipinski definition) is 4. The molecule has 1 amide bonds. The van der Waals surface area contributed by atoms with Crippen molar-refractivity contribution in [2.75, 3.05) is 19.0 Å². The van der Waals surface area contributed by atoms with Crippen molar-refractivity contribution in [2.24, 2.45) is 0 Å². The maximum atomic E-state index is 13.3. The van der Waals surface area contributed by atoms with Gasteiger partial charge in [-0.15, -0.1) is 0 Å². The molecule has 2 rings (SSSR count). The number of amides is 1. The molecule has 1 aromatic carbocycles. The number of sulfone groups is 1. The predicted octanol–water partition coefficient (Wildman–Crippen LogP) is 1.54. The lowest BCUT2D eigenvalue weighted by Gasteiger charge is -2.29. The third kappa shape index (κ3) is 3.01. The molecule has 0 unspecified atom stereocenters. The second-order valence-corrected chi connectivity index (χ2v) is 5.96. The van der Waals surface area contributed by atoms with Gasteiger partial charge in [-0.25, -0.2) is 22.0 Å². The van der Waals surface area contributed by atoms with Crippen molar-refractivity contribution in [1.82, 2.24) is 4.90 Å². The van der Waals surface area contributed by atoms with Crippen LogP contribution >= 0.6 is 0 Å². The first-order valence-corrected chi connectivity index (χ1v) is 7.15. The Bertz CT molecular complexity index is 599. The van der Waals surface area contributed by atoms with Gasteiger partial charge in [-0.3, -0.25) is 0 Å². The molecule has 1 fully saturated rings. The van der Waals surface area contributed by atoms with Gasteiger partial charge in [0.1, 0.15) is 16.5 Å². The quantitative estimate of drug-likeness (QED) is 0.792. The lowest BCUT2D eigenvalue weighted by Crippen LogP contribution is -2.42. The molecular weight excluding hydrogens is 280 g/mol. The summed E-state index contributed by atoms with van der Waals surface area (Å²) in [7, 11) is -4.13. The maximum absolute atomic E-state index is 13.3. The smallest absolute Gasteiger partial charge is 0.410 e. The molecule has 0 saturated carbocycles. The van der Waals surface area contributed by atoms with E-state index in [2.05, 4.69) is 4.74 Å². The SMILES string of the molecule is O=C(OCS(=O)(=O)c1ccc(F)cc1F)N1CCC1. The summed E-state index contributed by atoms with van der Waals surface area (Å²) in [5.74, 6) is -3.06. The molecule has 8 heteroatoms. The second-order valence-electron chi connectivity index (χ2n) is 4.06. The van der Waals surface area contributed by atoms with Crippen LogP contribution in [0.3, 0.4) is 0 Å². The Labute approximate surface area is 108 Å². The summed E-state index contributed by atoms with van der Waals surface area (Å²) in [5, 5.41) is 0. The van der Waals surface area contributed by atoms with Gasteiger partial charge in [0.05, 0.1) is 0 Å². The van der Waals surface area contributed by atoms with Crippen molar-refractivity contribution in [3.8, 4) is 0 Å². The van der Waals surface area contributed by atoms with Crippen LogP contribution in [0.2, 0.25) is 0 Å². The van der Waals surface area contributed by atoms with Gasteiger partial charge in [-0.2, -0.15) is 0 Å². The van der Waals surface area contributed by atoms with E-state index in [1.54, 1.807) is 0 Å². The zero-order valence-corrected chi connectivity index (χ0v) is 10.6. The number of halogens is 2. The van der Waals surface area contributed by atoms with Crippen LogP contribution < -0.4 is 0 Å². The van der Waals surface area contributed by atoms with Gasteiger partial charge in [0.25, 0.3) is 0 Å². The first-order chi connectivity index (χ1) is 8.90. The van der Waals surface area contributed by atoms with Crippen molar-refractivity contribution >= 4 is 15.9 Å². The number of nitrogens with zero attached hydrogens (tertiary/aromatic N) is 1. The lowest BCUT2D eigenvalue weighted by atomic mass is 10.2. The first-order valence-electron chi connectivity index (χ1n) is 5.50. The monoisotopic (exact) mass is 291 g/mol. The summed E-state index contributed by atoms with van der Waals surface area (Å²) in [4.78, 5) is 12.0. The minimum absolute atomic E-state index is 0.462. The largest absolute Gasteiger partial charge is 0.433 e. The Morgan fingerprint density at radius 1 is 1.32 bits per heavy atom. The van der Waals surface area contributed by atoms with E-state index in [1.807, 2.05) is 0 Å². The van der Waals surface area contributed by atoms with Crippen molar-refractivity contribution in [3.05, 3.63) is 29.8 Å². The van der Waals surface area contributed by atoms with Gasteiger partial charge < -0.3 is 9.64 Å². The van der Waals surface area contributed by atoms with Crippen LogP contribution in [0.1, 0.15) is 6.42 Å². The molecule has 0 atom stereocenters.